The van der Waals surface area contributed by atoms with Crippen molar-refractivity contribution in [3.8, 4) is 0 Å². The Labute approximate surface area is 122 Å². The van der Waals surface area contributed by atoms with Crippen LogP contribution in [0.25, 0.3) is 0 Å². The van der Waals surface area contributed by atoms with Gasteiger partial charge in [-0.2, -0.15) is 0 Å². The van der Waals surface area contributed by atoms with E-state index in [4.69, 9.17) is 10.5 Å². The van der Waals surface area contributed by atoms with E-state index in [1.54, 1.807) is 0 Å². The van der Waals surface area contributed by atoms with Crippen LogP contribution >= 0.6 is 12.4 Å². The van der Waals surface area contributed by atoms with E-state index in [1.807, 2.05) is 18.7 Å². The lowest BCUT2D eigenvalue weighted by Gasteiger charge is -2.37. The fourth-order valence-electron chi connectivity index (χ4n) is 3.22. The molecule has 0 radical (unpaired) electrons. The molecule has 0 aromatic heterocycles. The van der Waals surface area contributed by atoms with Crippen LogP contribution in [0.5, 0.6) is 0 Å². The smallest absolute Gasteiger partial charge is 0.223 e. The normalized spacial score (nSPS) is 35.6. The van der Waals surface area contributed by atoms with E-state index in [0.29, 0.717) is 12.3 Å². The van der Waals surface area contributed by atoms with Crippen molar-refractivity contribution in [3.63, 3.8) is 0 Å². The molecule has 1 heterocycles. The maximum Gasteiger partial charge on any atom is 0.223 e. The maximum atomic E-state index is 12.3. The van der Waals surface area contributed by atoms with Gasteiger partial charge in [0.1, 0.15) is 0 Å². The summed E-state index contributed by atoms with van der Waals surface area (Å²) in [5, 5.41) is 0. The van der Waals surface area contributed by atoms with E-state index < -0.39 is 0 Å². The van der Waals surface area contributed by atoms with Gasteiger partial charge in [-0.1, -0.05) is 12.8 Å². The molecule has 1 aliphatic heterocycles. The molecule has 19 heavy (non-hydrogen) atoms. The second kappa shape index (κ2) is 7.46. The van der Waals surface area contributed by atoms with Crippen molar-refractivity contribution in [1.82, 2.24) is 4.90 Å². The first-order valence-electron chi connectivity index (χ1n) is 7.25. The molecule has 2 rings (SSSR count). The summed E-state index contributed by atoms with van der Waals surface area (Å²) in [6.07, 6.45) is 5.56. The Hall–Kier alpha value is -0.320. The highest BCUT2D eigenvalue weighted by molar-refractivity contribution is 5.85. The van der Waals surface area contributed by atoms with Crippen molar-refractivity contribution in [1.29, 1.82) is 0 Å². The first-order valence-corrected chi connectivity index (χ1v) is 7.25. The van der Waals surface area contributed by atoms with E-state index in [9.17, 15) is 4.79 Å². The highest BCUT2D eigenvalue weighted by atomic mass is 35.5. The summed E-state index contributed by atoms with van der Waals surface area (Å²) in [5.74, 6) is 0.652. The third-order valence-electron chi connectivity index (χ3n) is 4.18. The van der Waals surface area contributed by atoms with Gasteiger partial charge < -0.3 is 15.4 Å². The lowest BCUT2D eigenvalue weighted by molar-refractivity contribution is -0.144. The van der Waals surface area contributed by atoms with Gasteiger partial charge in [0.25, 0.3) is 0 Å². The third-order valence-corrected chi connectivity index (χ3v) is 4.18. The van der Waals surface area contributed by atoms with Crippen LogP contribution in [0.15, 0.2) is 0 Å². The molecule has 2 unspecified atom stereocenters. The van der Waals surface area contributed by atoms with Crippen LogP contribution in [0.2, 0.25) is 0 Å². The van der Waals surface area contributed by atoms with E-state index in [-0.39, 0.29) is 36.6 Å². The average molecular weight is 291 g/mol. The maximum absolute atomic E-state index is 12.3. The number of amides is 1. The van der Waals surface area contributed by atoms with E-state index in [1.165, 1.54) is 12.8 Å². The van der Waals surface area contributed by atoms with E-state index in [0.717, 1.165) is 25.9 Å². The van der Waals surface area contributed by atoms with Crippen LogP contribution in [-0.2, 0) is 9.53 Å². The Bertz CT molecular complexity index is 291. The summed E-state index contributed by atoms with van der Waals surface area (Å²) in [6, 6.07) is 0.221. The van der Waals surface area contributed by atoms with Gasteiger partial charge in [0.2, 0.25) is 5.91 Å². The van der Waals surface area contributed by atoms with Crippen LogP contribution in [0.4, 0.5) is 0 Å². The molecule has 0 aromatic carbocycles. The second-order valence-electron chi connectivity index (χ2n) is 5.97. The third kappa shape index (κ3) is 4.62. The molecule has 5 heteroatoms. The van der Waals surface area contributed by atoms with Crippen molar-refractivity contribution in [2.24, 2.45) is 11.7 Å². The van der Waals surface area contributed by atoms with Gasteiger partial charge in [-0.15, -0.1) is 12.4 Å². The topological polar surface area (TPSA) is 55.6 Å². The first kappa shape index (κ1) is 16.7. The van der Waals surface area contributed by atoms with Gasteiger partial charge in [-0.3, -0.25) is 4.79 Å². The number of morpholine rings is 1. The zero-order valence-corrected chi connectivity index (χ0v) is 12.8. The summed E-state index contributed by atoms with van der Waals surface area (Å²) in [6.45, 7) is 5.51. The van der Waals surface area contributed by atoms with Gasteiger partial charge in [-0.05, 0) is 32.6 Å². The molecule has 0 spiro atoms. The van der Waals surface area contributed by atoms with Crippen molar-refractivity contribution >= 4 is 18.3 Å². The minimum atomic E-state index is 0. The van der Waals surface area contributed by atoms with Crippen molar-refractivity contribution in [3.05, 3.63) is 0 Å². The molecular weight excluding hydrogens is 264 g/mol. The number of ether oxygens (including phenoxy) is 1. The van der Waals surface area contributed by atoms with Gasteiger partial charge in [-0.25, -0.2) is 0 Å². The van der Waals surface area contributed by atoms with Gasteiger partial charge in [0, 0.05) is 25.6 Å². The number of hydrogen-bond donors (Lipinski definition) is 1. The summed E-state index contributed by atoms with van der Waals surface area (Å²) < 4.78 is 5.66. The van der Waals surface area contributed by atoms with Crippen LogP contribution in [-0.4, -0.2) is 42.1 Å². The molecule has 2 N–H and O–H groups in total. The quantitative estimate of drug-likeness (QED) is 0.846. The van der Waals surface area contributed by atoms with Crippen molar-refractivity contribution < 1.29 is 9.53 Å². The molecule has 1 amide bonds. The molecule has 112 valence electrons. The summed E-state index contributed by atoms with van der Waals surface area (Å²) in [7, 11) is 0. The lowest BCUT2D eigenvalue weighted by Crippen LogP contribution is -2.49. The number of nitrogens with zero attached hydrogens (tertiary/aromatic N) is 1. The van der Waals surface area contributed by atoms with Crippen LogP contribution in [0.1, 0.15) is 46.0 Å². The number of carbonyl (C=O) groups excluding carboxylic acids is 1. The Morgan fingerprint density at radius 1 is 1.21 bits per heavy atom. The second-order valence-corrected chi connectivity index (χ2v) is 5.97. The van der Waals surface area contributed by atoms with Crippen LogP contribution in [0.3, 0.4) is 0 Å². The molecule has 4 nitrogen and oxygen atoms in total. The molecule has 0 aromatic rings. The molecule has 1 saturated carbocycles. The van der Waals surface area contributed by atoms with Gasteiger partial charge in [0.05, 0.1) is 12.2 Å². The summed E-state index contributed by atoms with van der Waals surface area (Å²) in [4.78, 5) is 14.3. The number of carbonyl (C=O) groups is 1. The van der Waals surface area contributed by atoms with Gasteiger partial charge >= 0.3 is 0 Å². The highest BCUT2D eigenvalue weighted by Gasteiger charge is 2.30. The monoisotopic (exact) mass is 290 g/mol. The molecule has 2 aliphatic rings. The van der Waals surface area contributed by atoms with E-state index in [2.05, 4.69) is 0 Å². The average Bonchev–Trinajstić information content (AvgIpc) is 2.31. The Morgan fingerprint density at radius 3 is 2.37 bits per heavy atom. The van der Waals surface area contributed by atoms with Crippen LogP contribution in [0, 0.1) is 5.92 Å². The highest BCUT2D eigenvalue weighted by Crippen LogP contribution is 2.26. The molecule has 0 bridgehead atoms. The summed E-state index contributed by atoms with van der Waals surface area (Å²) >= 11 is 0. The number of hydrogen-bond acceptors (Lipinski definition) is 3. The predicted molar refractivity (Wildman–Crippen MR) is 78.4 cm³/mol. The Morgan fingerprint density at radius 2 is 1.79 bits per heavy atom. The number of nitrogens with two attached hydrogens (primary N) is 1. The van der Waals surface area contributed by atoms with Crippen LogP contribution < -0.4 is 5.73 Å². The Kier molecular flexibility index (Phi) is 6.57. The largest absolute Gasteiger partial charge is 0.372 e. The lowest BCUT2D eigenvalue weighted by atomic mass is 9.82. The zero-order chi connectivity index (χ0) is 13.1. The molecule has 2 fully saturated rings. The molecule has 1 saturated heterocycles. The van der Waals surface area contributed by atoms with Crippen molar-refractivity contribution in [2.45, 2.75) is 64.2 Å². The fraction of sp³-hybridized carbons (Fsp3) is 0.929. The standard InChI is InChI=1S/C14H26N2O2.ClH/c1-10-8-16(9-11(2)18-10)14(17)7-12-5-3-4-6-13(12)15;/h10-13H,3-9,15H2,1-2H3;1H/t10-,11+,12?,13?;. The minimum absolute atomic E-state index is 0. The Balaban J connectivity index is 0.00000180. The summed E-state index contributed by atoms with van der Waals surface area (Å²) in [5.41, 5.74) is 6.12. The SMILES string of the molecule is C[C@@H]1CN(C(=O)CC2CCCCC2N)C[C@H](C)O1.Cl. The number of halogens is 1. The molecular formula is C14H27ClN2O2. The van der Waals surface area contributed by atoms with Crippen molar-refractivity contribution in [2.75, 3.05) is 13.1 Å². The number of rotatable bonds is 2. The van der Waals surface area contributed by atoms with E-state index >= 15 is 0 Å². The van der Waals surface area contributed by atoms with Gasteiger partial charge in [0.15, 0.2) is 0 Å². The zero-order valence-electron chi connectivity index (χ0n) is 12.0. The molecule has 4 atom stereocenters. The molecule has 1 aliphatic carbocycles. The fourth-order valence-corrected chi connectivity index (χ4v) is 3.22. The first-order chi connectivity index (χ1) is 8.56. The minimum Gasteiger partial charge on any atom is -0.372 e. The predicted octanol–water partition coefficient (Wildman–Crippen LogP) is 1.95.